The van der Waals surface area contributed by atoms with Crippen LogP contribution in [-0.4, -0.2) is 50.5 Å². The van der Waals surface area contributed by atoms with Gasteiger partial charge in [0.05, 0.1) is 10.3 Å². The topological polar surface area (TPSA) is 113 Å². The summed E-state index contributed by atoms with van der Waals surface area (Å²) < 4.78 is 34.7. The molecule has 0 aromatic carbocycles. The highest BCUT2D eigenvalue weighted by Gasteiger charge is 2.45. The van der Waals surface area contributed by atoms with Crippen LogP contribution in [0.15, 0.2) is 36.8 Å². The summed E-state index contributed by atoms with van der Waals surface area (Å²) in [5.74, 6) is 2.15. The zero-order valence-electron chi connectivity index (χ0n) is 19.1. The number of halogens is 1. The lowest BCUT2D eigenvalue weighted by Crippen LogP contribution is -2.30. The van der Waals surface area contributed by atoms with E-state index in [1.165, 1.54) is 19.5 Å². The van der Waals surface area contributed by atoms with Crippen molar-refractivity contribution in [3.8, 4) is 11.5 Å². The lowest BCUT2D eigenvalue weighted by Gasteiger charge is -2.24. The van der Waals surface area contributed by atoms with Crippen molar-refractivity contribution in [3.05, 3.63) is 53.5 Å². The average molecular weight is 503 g/mol. The van der Waals surface area contributed by atoms with Crippen LogP contribution in [0.2, 0.25) is 5.02 Å². The highest BCUT2D eigenvalue weighted by atomic mass is 35.5. The first-order valence-electron chi connectivity index (χ1n) is 11.5. The monoisotopic (exact) mass is 502 g/mol. The van der Waals surface area contributed by atoms with Crippen LogP contribution >= 0.6 is 11.6 Å². The zero-order valence-corrected chi connectivity index (χ0v) is 20.7. The second kappa shape index (κ2) is 9.31. The summed E-state index contributed by atoms with van der Waals surface area (Å²) in [7, 11) is -2.25. The van der Waals surface area contributed by atoms with Crippen LogP contribution < -0.4 is 0 Å². The quantitative estimate of drug-likeness (QED) is 0.411. The Kier molecular flexibility index (Phi) is 6.39. The van der Waals surface area contributed by atoms with Crippen molar-refractivity contribution in [2.75, 3.05) is 7.11 Å². The lowest BCUT2D eigenvalue weighted by molar-refractivity contribution is 0.0948. The molecule has 0 radical (unpaired) electrons. The van der Waals surface area contributed by atoms with Crippen molar-refractivity contribution in [2.24, 2.45) is 11.8 Å². The molecule has 0 unspecified atom stereocenters. The molecule has 3 aromatic heterocycles. The molecule has 9 nitrogen and oxygen atoms in total. The van der Waals surface area contributed by atoms with Gasteiger partial charge in [0.1, 0.15) is 23.4 Å². The summed E-state index contributed by atoms with van der Waals surface area (Å²) in [6.45, 7) is 1.61. The molecule has 0 bridgehead atoms. The Morgan fingerprint density at radius 3 is 2.32 bits per heavy atom. The van der Waals surface area contributed by atoms with Gasteiger partial charge in [0.2, 0.25) is 0 Å². The summed E-state index contributed by atoms with van der Waals surface area (Å²) in [6.07, 6.45) is 8.31. The Morgan fingerprint density at radius 2 is 1.76 bits per heavy atom. The van der Waals surface area contributed by atoms with E-state index < -0.39 is 21.2 Å². The van der Waals surface area contributed by atoms with E-state index in [1.54, 1.807) is 13.1 Å². The lowest BCUT2D eigenvalue weighted by atomic mass is 10.1. The number of nitrogens with zero attached hydrogens (tertiary/aromatic N) is 6. The average Bonchev–Trinajstić information content (AvgIpc) is 3.76. The summed E-state index contributed by atoms with van der Waals surface area (Å²) in [6, 6.07) is 5.83. The van der Waals surface area contributed by atoms with Gasteiger partial charge in [-0.1, -0.05) is 17.7 Å². The van der Waals surface area contributed by atoms with Crippen LogP contribution in [0, 0.1) is 11.8 Å². The Balaban J connectivity index is 1.49. The fourth-order valence-electron chi connectivity index (χ4n) is 4.56. The predicted octanol–water partition coefficient (Wildman–Crippen LogP) is 3.84. The van der Waals surface area contributed by atoms with Crippen LogP contribution in [0.25, 0.3) is 11.5 Å². The SMILES string of the molecule is CO[C@H](c1ncc(Cl)cn1)[C@H](C)S(=O)(=O)Cc1nnc(-c2ccccn2)n1C(C1CC1)C1CC1. The third kappa shape index (κ3) is 4.71. The van der Waals surface area contributed by atoms with Gasteiger partial charge in [-0.25, -0.2) is 18.4 Å². The van der Waals surface area contributed by atoms with E-state index in [0.29, 0.717) is 34.2 Å². The normalized spacial score (nSPS) is 18.2. The van der Waals surface area contributed by atoms with Gasteiger partial charge in [0.15, 0.2) is 21.5 Å². The minimum absolute atomic E-state index is 0.199. The molecule has 3 heterocycles. The van der Waals surface area contributed by atoms with Crippen LogP contribution in [0.4, 0.5) is 0 Å². The molecule has 2 fully saturated rings. The maximum absolute atomic E-state index is 13.6. The Morgan fingerprint density at radius 1 is 1.09 bits per heavy atom. The van der Waals surface area contributed by atoms with Crippen molar-refractivity contribution >= 4 is 21.4 Å². The molecule has 0 spiro atoms. The first-order chi connectivity index (χ1) is 16.4. The van der Waals surface area contributed by atoms with E-state index in [4.69, 9.17) is 16.3 Å². The summed E-state index contributed by atoms with van der Waals surface area (Å²) in [5, 5.41) is 8.26. The van der Waals surface area contributed by atoms with E-state index in [-0.39, 0.29) is 17.6 Å². The Hall–Kier alpha value is -2.43. The number of hydrogen-bond donors (Lipinski definition) is 0. The fraction of sp³-hybridized carbons (Fsp3) is 0.522. The second-order valence-electron chi connectivity index (χ2n) is 9.12. The molecule has 2 saturated carbocycles. The van der Waals surface area contributed by atoms with Crippen LogP contribution in [0.3, 0.4) is 0 Å². The predicted molar refractivity (Wildman–Crippen MR) is 127 cm³/mol. The maximum atomic E-state index is 13.6. The van der Waals surface area contributed by atoms with Gasteiger partial charge in [0, 0.05) is 31.7 Å². The van der Waals surface area contributed by atoms with Crippen LogP contribution in [0.1, 0.15) is 56.4 Å². The summed E-state index contributed by atoms with van der Waals surface area (Å²) >= 11 is 5.89. The smallest absolute Gasteiger partial charge is 0.182 e. The zero-order chi connectivity index (χ0) is 23.9. The van der Waals surface area contributed by atoms with E-state index in [0.717, 1.165) is 25.7 Å². The molecule has 2 atom stereocenters. The third-order valence-electron chi connectivity index (χ3n) is 6.64. The number of hydrogen-bond acceptors (Lipinski definition) is 8. The molecule has 11 heteroatoms. The first kappa shape index (κ1) is 23.3. The molecular formula is C23H27ClN6O3S. The van der Waals surface area contributed by atoms with Crippen LogP contribution in [0.5, 0.6) is 0 Å². The Bertz CT molecular complexity index is 1230. The van der Waals surface area contributed by atoms with Gasteiger partial charge >= 0.3 is 0 Å². The highest BCUT2D eigenvalue weighted by molar-refractivity contribution is 7.91. The standard InChI is InChI=1S/C23H27ClN6O3S/c1-14(21(33-2)22-26-11-17(24)12-27-22)34(31,32)13-19-28-29-23(18-5-3-4-10-25-18)30(19)20(15-6-7-15)16-8-9-16/h3-5,10-12,14-16,20-21H,6-9,13H2,1-2H3/t14-,21-/m0/s1. The largest absolute Gasteiger partial charge is 0.372 e. The van der Waals surface area contributed by atoms with Crippen molar-refractivity contribution in [3.63, 3.8) is 0 Å². The molecular weight excluding hydrogens is 476 g/mol. The summed E-state index contributed by atoms with van der Waals surface area (Å²) in [4.78, 5) is 12.8. The minimum Gasteiger partial charge on any atom is -0.372 e. The van der Waals surface area contributed by atoms with Gasteiger partial charge in [-0.2, -0.15) is 0 Å². The minimum atomic E-state index is -3.70. The first-order valence-corrected chi connectivity index (χ1v) is 13.6. The third-order valence-corrected chi connectivity index (χ3v) is 8.88. The number of methoxy groups -OCH3 is 1. The molecule has 3 aromatic rings. The molecule has 0 saturated heterocycles. The molecule has 2 aliphatic carbocycles. The molecule has 0 amide bonds. The number of rotatable bonds is 10. The number of aromatic nitrogens is 6. The van der Waals surface area contributed by atoms with E-state index >= 15 is 0 Å². The van der Waals surface area contributed by atoms with Gasteiger partial charge < -0.3 is 9.30 Å². The van der Waals surface area contributed by atoms with Crippen molar-refractivity contribution in [1.82, 2.24) is 29.7 Å². The number of pyridine rings is 1. The van der Waals surface area contributed by atoms with Gasteiger partial charge in [-0.3, -0.25) is 4.98 Å². The van der Waals surface area contributed by atoms with Crippen molar-refractivity contribution in [2.45, 2.75) is 55.8 Å². The molecule has 5 rings (SSSR count). The van der Waals surface area contributed by atoms with Gasteiger partial charge in [-0.15, -0.1) is 10.2 Å². The maximum Gasteiger partial charge on any atom is 0.182 e. The van der Waals surface area contributed by atoms with Crippen molar-refractivity contribution < 1.29 is 13.2 Å². The number of ether oxygens (including phenoxy) is 1. The number of sulfone groups is 1. The summed E-state index contributed by atoms with van der Waals surface area (Å²) in [5.41, 5.74) is 0.697. The highest BCUT2D eigenvalue weighted by Crippen LogP contribution is 2.53. The molecule has 0 N–H and O–H groups in total. The second-order valence-corrected chi connectivity index (χ2v) is 11.9. The fourth-order valence-corrected chi connectivity index (χ4v) is 6.09. The molecule has 2 aliphatic rings. The van der Waals surface area contributed by atoms with Gasteiger partial charge in [0.25, 0.3) is 0 Å². The van der Waals surface area contributed by atoms with E-state index in [2.05, 4.69) is 29.7 Å². The van der Waals surface area contributed by atoms with Crippen LogP contribution in [-0.2, 0) is 20.3 Å². The van der Waals surface area contributed by atoms with E-state index in [9.17, 15) is 8.42 Å². The van der Waals surface area contributed by atoms with E-state index in [1.807, 2.05) is 18.2 Å². The molecule has 0 aliphatic heterocycles. The molecule has 34 heavy (non-hydrogen) atoms. The Labute approximate surface area is 203 Å². The van der Waals surface area contributed by atoms with Crippen molar-refractivity contribution in [1.29, 1.82) is 0 Å². The molecule has 180 valence electrons. The van der Waals surface area contributed by atoms with Gasteiger partial charge in [-0.05, 0) is 56.6 Å².